The summed E-state index contributed by atoms with van der Waals surface area (Å²) in [6, 6.07) is 9.09. The van der Waals surface area contributed by atoms with Crippen LogP contribution >= 0.6 is 0 Å². The molecule has 2 rings (SSSR count). The van der Waals surface area contributed by atoms with Gasteiger partial charge in [0, 0.05) is 24.6 Å². The van der Waals surface area contributed by atoms with Crippen LogP contribution < -0.4 is 5.11 Å². The average molecular weight is 246 g/mol. The van der Waals surface area contributed by atoms with Crippen LogP contribution in [0.15, 0.2) is 30.3 Å². The Kier molecular flexibility index (Phi) is 3.97. The molecule has 1 saturated heterocycles. The third-order valence-electron chi connectivity index (χ3n) is 3.28. The number of carboxylic acids is 1. The smallest absolute Gasteiger partial charge is 0.253 e. The molecule has 1 amide bonds. The van der Waals surface area contributed by atoms with Gasteiger partial charge in [-0.3, -0.25) is 4.79 Å². The van der Waals surface area contributed by atoms with E-state index < -0.39 is 5.97 Å². The fourth-order valence-corrected chi connectivity index (χ4v) is 2.42. The molecular weight excluding hydrogens is 230 g/mol. The van der Waals surface area contributed by atoms with Crippen molar-refractivity contribution in [3.63, 3.8) is 0 Å². The highest BCUT2D eigenvalue weighted by molar-refractivity contribution is 5.94. The first-order valence-electron chi connectivity index (χ1n) is 6.21. The molecule has 0 N–H and O–H groups in total. The van der Waals surface area contributed by atoms with Crippen LogP contribution in [0.25, 0.3) is 0 Å². The van der Waals surface area contributed by atoms with Crippen LogP contribution in [0.5, 0.6) is 0 Å². The summed E-state index contributed by atoms with van der Waals surface area (Å²) in [5, 5.41) is 10.6. The molecule has 0 radical (unpaired) electrons. The quantitative estimate of drug-likeness (QED) is 0.788. The molecule has 1 fully saturated rings. The number of amides is 1. The van der Waals surface area contributed by atoms with Gasteiger partial charge in [-0.15, -0.1) is 0 Å². The van der Waals surface area contributed by atoms with Crippen molar-refractivity contribution in [1.82, 2.24) is 4.90 Å². The topological polar surface area (TPSA) is 60.4 Å². The Bertz CT molecular complexity index is 430. The SMILES string of the molecule is O=C([O-])C[C@H]1CCCN(C(=O)c2ccccc2)C1. The summed E-state index contributed by atoms with van der Waals surface area (Å²) in [4.78, 5) is 24.5. The first-order chi connectivity index (χ1) is 8.66. The van der Waals surface area contributed by atoms with E-state index in [1.807, 2.05) is 18.2 Å². The van der Waals surface area contributed by atoms with E-state index in [2.05, 4.69) is 0 Å². The lowest BCUT2D eigenvalue weighted by Gasteiger charge is -2.33. The summed E-state index contributed by atoms with van der Waals surface area (Å²) >= 11 is 0. The molecular formula is C14H16NO3-. The summed E-state index contributed by atoms with van der Waals surface area (Å²) in [5.74, 6) is -1.02. The number of hydrogen-bond acceptors (Lipinski definition) is 3. The molecule has 96 valence electrons. The van der Waals surface area contributed by atoms with Gasteiger partial charge in [-0.25, -0.2) is 0 Å². The summed E-state index contributed by atoms with van der Waals surface area (Å²) < 4.78 is 0. The molecule has 1 aliphatic heterocycles. The zero-order valence-corrected chi connectivity index (χ0v) is 10.2. The molecule has 1 atom stereocenters. The van der Waals surface area contributed by atoms with Gasteiger partial charge in [0.05, 0.1) is 0 Å². The highest BCUT2D eigenvalue weighted by Gasteiger charge is 2.24. The van der Waals surface area contributed by atoms with Crippen molar-refractivity contribution in [3.8, 4) is 0 Å². The Morgan fingerprint density at radius 1 is 1.28 bits per heavy atom. The summed E-state index contributed by atoms with van der Waals surface area (Å²) in [7, 11) is 0. The van der Waals surface area contributed by atoms with Crippen LogP contribution in [0, 0.1) is 5.92 Å². The molecule has 0 unspecified atom stereocenters. The van der Waals surface area contributed by atoms with Gasteiger partial charge in [0.2, 0.25) is 0 Å². The van der Waals surface area contributed by atoms with Crippen LogP contribution in [0.4, 0.5) is 0 Å². The lowest BCUT2D eigenvalue weighted by atomic mass is 9.94. The second kappa shape index (κ2) is 5.67. The Morgan fingerprint density at radius 3 is 2.67 bits per heavy atom. The van der Waals surface area contributed by atoms with Crippen molar-refractivity contribution >= 4 is 11.9 Å². The number of benzene rings is 1. The predicted octanol–water partition coefficient (Wildman–Crippen LogP) is 0.679. The predicted molar refractivity (Wildman–Crippen MR) is 64.7 cm³/mol. The standard InChI is InChI=1S/C14H17NO3/c16-13(17)9-11-5-4-8-15(10-11)14(18)12-6-2-1-3-7-12/h1-3,6-7,11H,4-5,8-10H2,(H,16,17)/p-1/t11-/m1/s1. The van der Waals surface area contributed by atoms with Gasteiger partial charge in [0.15, 0.2) is 0 Å². The Balaban J connectivity index is 2.00. The van der Waals surface area contributed by atoms with E-state index >= 15 is 0 Å². The minimum Gasteiger partial charge on any atom is -0.550 e. The van der Waals surface area contributed by atoms with Crippen molar-refractivity contribution in [2.24, 2.45) is 5.92 Å². The lowest BCUT2D eigenvalue weighted by Crippen LogP contribution is -2.41. The summed E-state index contributed by atoms with van der Waals surface area (Å²) in [6.45, 7) is 1.22. The normalized spacial score (nSPS) is 19.6. The van der Waals surface area contributed by atoms with Crippen molar-refractivity contribution in [3.05, 3.63) is 35.9 Å². The van der Waals surface area contributed by atoms with E-state index in [-0.39, 0.29) is 18.2 Å². The molecule has 4 nitrogen and oxygen atoms in total. The van der Waals surface area contributed by atoms with Gasteiger partial charge < -0.3 is 14.8 Å². The molecule has 1 heterocycles. The second-order valence-electron chi connectivity index (χ2n) is 4.70. The number of nitrogens with zero attached hydrogens (tertiary/aromatic N) is 1. The molecule has 1 aromatic rings. The Hall–Kier alpha value is -1.84. The molecule has 0 bridgehead atoms. The number of hydrogen-bond donors (Lipinski definition) is 0. The van der Waals surface area contributed by atoms with Crippen molar-refractivity contribution in [1.29, 1.82) is 0 Å². The van der Waals surface area contributed by atoms with Crippen molar-refractivity contribution in [2.75, 3.05) is 13.1 Å². The lowest BCUT2D eigenvalue weighted by molar-refractivity contribution is -0.307. The third-order valence-corrected chi connectivity index (χ3v) is 3.28. The highest BCUT2D eigenvalue weighted by Crippen LogP contribution is 2.20. The Labute approximate surface area is 106 Å². The van der Waals surface area contributed by atoms with E-state index in [1.165, 1.54) is 0 Å². The number of aliphatic carboxylic acids is 1. The van der Waals surface area contributed by atoms with Crippen LogP contribution in [0.1, 0.15) is 29.6 Å². The average Bonchev–Trinajstić information content (AvgIpc) is 2.38. The number of carbonyl (C=O) groups is 2. The number of likely N-dealkylation sites (tertiary alicyclic amines) is 1. The maximum atomic E-state index is 12.2. The fourth-order valence-electron chi connectivity index (χ4n) is 2.42. The van der Waals surface area contributed by atoms with Gasteiger partial charge >= 0.3 is 0 Å². The third kappa shape index (κ3) is 3.09. The van der Waals surface area contributed by atoms with Gasteiger partial charge in [-0.05, 0) is 37.3 Å². The fraction of sp³-hybridized carbons (Fsp3) is 0.429. The molecule has 0 aliphatic carbocycles. The number of carboxylic acid groups (broad SMARTS) is 1. The number of carbonyl (C=O) groups excluding carboxylic acids is 2. The molecule has 1 aromatic carbocycles. The summed E-state index contributed by atoms with van der Waals surface area (Å²) in [6.07, 6.45) is 1.75. The zero-order chi connectivity index (χ0) is 13.0. The van der Waals surface area contributed by atoms with E-state index in [0.717, 1.165) is 12.8 Å². The van der Waals surface area contributed by atoms with Gasteiger partial charge in [-0.1, -0.05) is 18.2 Å². The van der Waals surface area contributed by atoms with E-state index in [4.69, 9.17) is 0 Å². The largest absolute Gasteiger partial charge is 0.550 e. The van der Waals surface area contributed by atoms with E-state index in [1.54, 1.807) is 17.0 Å². The first kappa shape index (κ1) is 12.6. The number of rotatable bonds is 3. The van der Waals surface area contributed by atoms with Gasteiger partial charge in [0.1, 0.15) is 0 Å². The van der Waals surface area contributed by atoms with Gasteiger partial charge in [-0.2, -0.15) is 0 Å². The maximum Gasteiger partial charge on any atom is 0.253 e. The Morgan fingerprint density at radius 2 is 2.00 bits per heavy atom. The first-order valence-corrected chi connectivity index (χ1v) is 6.21. The van der Waals surface area contributed by atoms with E-state index in [9.17, 15) is 14.7 Å². The molecule has 0 aromatic heterocycles. The number of piperidine rings is 1. The monoisotopic (exact) mass is 246 g/mol. The minimum atomic E-state index is -1.03. The maximum absolute atomic E-state index is 12.2. The van der Waals surface area contributed by atoms with E-state index in [0.29, 0.717) is 18.7 Å². The highest BCUT2D eigenvalue weighted by atomic mass is 16.4. The molecule has 18 heavy (non-hydrogen) atoms. The van der Waals surface area contributed by atoms with Crippen LogP contribution in [-0.2, 0) is 4.79 Å². The zero-order valence-electron chi connectivity index (χ0n) is 10.2. The molecule has 4 heteroatoms. The van der Waals surface area contributed by atoms with Crippen molar-refractivity contribution in [2.45, 2.75) is 19.3 Å². The minimum absolute atomic E-state index is 0.0151. The molecule has 0 spiro atoms. The van der Waals surface area contributed by atoms with Crippen molar-refractivity contribution < 1.29 is 14.7 Å². The second-order valence-corrected chi connectivity index (χ2v) is 4.70. The van der Waals surface area contributed by atoms with Crippen LogP contribution in [-0.4, -0.2) is 29.9 Å². The molecule has 1 aliphatic rings. The summed E-state index contributed by atoms with van der Waals surface area (Å²) in [5.41, 5.74) is 0.659. The van der Waals surface area contributed by atoms with Crippen LogP contribution in [0.3, 0.4) is 0 Å². The van der Waals surface area contributed by atoms with Crippen LogP contribution in [0.2, 0.25) is 0 Å². The molecule has 0 saturated carbocycles. The van der Waals surface area contributed by atoms with Gasteiger partial charge in [0.25, 0.3) is 5.91 Å².